The van der Waals surface area contributed by atoms with Gasteiger partial charge in [-0.2, -0.15) is 0 Å². The third-order valence-electron chi connectivity index (χ3n) is 5.96. The van der Waals surface area contributed by atoms with Crippen LogP contribution in [0.3, 0.4) is 0 Å². The number of fused-ring (bicyclic) bond motifs is 1. The fraction of sp³-hybridized carbons (Fsp3) is 0.304. The molecule has 3 aromatic rings. The van der Waals surface area contributed by atoms with Gasteiger partial charge in [0, 0.05) is 31.4 Å². The first kappa shape index (κ1) is 21.4. The first-order valence-electron chi connectivity index (χ1n) is 10.9. The van der Waals surface area contributed by atoms with Crippen molar-refractivity contribution in [2.45, 2.75) is 13.0 Å². The van der Waals surface area contributed by atoms with Crippen molar-refractivity contribution >= 4 is 31.1 Å². The van der Waals surface area contributed by atoms with Crippen molar-refractivity contribution in [2.24, 2.45) is 0 Å². The molecule has 2 aliphatic rings. The van der Waals surface area contributed by atoms with E-state index < -0.39 is 5.91 Å². The molecule has 1 saturated heterocycles. The maximum atomic E-state index is 13.1. The molecular formula is C23H24BN7O2. The number of carbonyl (C=O) groups excluding carboxylic acids is 1. The lowest BCUT2D eigenvalue weighted by Crippen LogP contribution is -2.36. The average Bonchev–Trinajstić information content (AvgIpc) is 2.84. The van der Waals surface area contributed by atoms with E-state index in [1.807, 2.05) is 18.2 Å². The molecule has 0 bridgehead atoms. The third-order valence-corrected chi connectivity index (χ3v) is 5.96. The molecule has 0 atom stereocenters. The number of rotatable bonds is 4. The summed E-state index contributed by atoms with van der Waals surface area (Å²) < 4.78 is 5.43. The van der Waals surface area contributed by atoms with Crippen molar-refractivity contribution < 1.29 is 9.53 Å². The smallest absolute Gasteiger partial charge is 0.278 e. The van der Waals surface area contributed by atoms with Gasteiger partial charge < -0.3 is 25.5 Å². The van der Waals surface area contributed by atoms with Crippen LogP contribution in [0.4, 0.5) is 17.2 Å². The summed E-state index contributed by atoms with van der Waals surface area (Å²) in [6.45, 7) is 4.26. The van der Waals surface area contributed by atoms with Crippen molar-refractivity contribution in [3.05, 3.63) is 59.7 Å². The van der Waals surface area contributed by atoms with Gasteiger partial charge in [-0.1, -0.05) is 12.1 Å². The molecule has 0 spiro atoms. The Labute approximate surface area is 193 Å². The number of hydrogen-bond acceptors (Lipinski definition) is 8. The van der Waals surface area contributed by atoms with Gasteiger partial charge in [-0.3, -0.25) is 9.78 Å². The lowest BCUT2D eigenvalue weighted by Gasteiger charge is -2.30. The van der Waals surface area contributed by atoms with E-state index >= 15 is 0 Å². The van der Waals surface area contributed by atoms with Gasteiger partial charge in [0.2, 0.25) is 0 Å². The lowest BCUT2D eigenvalue weighted by molar-refractivity contribution is 0.102. The van der Waals surface area contributed by atoms with Crippen molar-refractivity contribution in [1.29, 1.82) is 0 Å². The third kappa shape index (κ3) is 4.53. The Balaban J connectivity index is 1.41. The normalized spacial score (nSPS) is 16.3. The molecule has 1 amide bonds. The van der Waals surface area contributed by atoms with Crippen LogP contribution in [0.15, 0.2) is 42.9 Å². The van der Waals surface area contributed by atoms with E-state index in [4.69, 9.17) is 18.5 Å². The summed E-state index contributed by atoms with van der Waals surface area (Å²) in [7, 11) is 5.98. The molecule has 10 heteroatoms. The van der Waals surface area contributed by atoms with Crippen LogP contribution in [0.2, 0.25) is 0 Å². The number of nitrogens with zero attached hydrogens (tertiary/aromatic N) is 5. The summed E-state index contributed by atoms with van der Waals surface area (Å²) >= 11 is 0. The molecular weight excluding hydrogens is 417 g/mol. The predicted molar refractivity (Wildman–Crippen MR) is 127 cm³/mol. The van der Waals surface area contributed by atoms with Crippen LogP contribution in [0.1, 0.15) is 21.6 Å². The van der Waals surface area contributed by atoms with Crippen LogP contribution in [0.25, 0.3) is 11.3 Å². The number of anilines is 3. The second-order valence-electron chi connectivity index (χ2n) is 8.14. The van der Waals surface area contributed by atoms with Gasteiger partial charge in [0.25, 0.3) is 5.91 Å². The minimum Gasteiger partial charge on any atom is -0.382 e. The highest BCUT2D eigenvalue weighted by atomic mass is 16.5. The molecule has 4 heterocycles. The standard InChI is InChI=1S/C23H24BN7O2/c24-31-6-4-15-1-2-16(11-17(15)14-31)18-13-27-22(25)21(28-18)23(32)29-19-12-26-5-3-20(19)30-7-9-33-10-8-30/h1-3,5,11-13H,4,6-10,14H2,(H2,25,27)(H,29,32). The van der Waals surface area contributed by atoms with E-state index in [9.17, 15) is 4.79 Å². The first-order chi connectivity index (χ1) is 16.1. The van der Waals surface area contributed by atoms with Gasteiger partial charge in [0.1, 0.15) is 0 Å². The SMILES string of the molecule is [B]N1CCc2ccc(-c3cnc(N)c(C(=O)Nc4cnccc4N4CCOCC4)n3)cc2C1. The molecule has 3 N–H and O–H groups in total. The molecule has 2 radical (unpaired) electrons. The van der Waals surface area contributed by atoms with Crippen LogP contribution < -0.4 is 16.0 Å². The number of benzene rings is 1. The maximum Gasteiger partial charge on any atom is 0.278 e. The van der Waals surface area contributed by atoms with Crippen LogP contribution >= 0.6 is 0 Å². The number of ether oxygens (including phenoxy) is 1. The topological polar surface area (TPSA) is 110 Å². The van der Waals surface area contributed by atoms with Crippen LogP contribution in [0, 0.1) is 0 Å². The van der Waals surface area contributed by atoms with Crippen molar-refractivity contribution in [3.8, 4) is 11.3 Å². The lowest BCUT2D eigenvalue weighted by atomic mass is 9.95. The van der Waals surface area contributed by atoms with Crippen molar-refractivity contribution in [1.82, 2.24) is 19.8 Å². The summed E-state index contributed by atoms with van der Waals surface area (Å²) in [5.74, 6) is -0.366. The van der Waals surface area contributed by atoms with E-state index in [0.29, 0.717) is 31.1 Å². The highest BCUT2D eigenvalue weighted by molar-refractivity contribution is 6.07. The average molecular weight is 441 g/mol. The summed E-state index contributed by atoms with van der Waals surface area (Å²) in [5, 5.41) is 2.91. The highest BCUT2D eigenvalue weighted by Crippen LogP contribution is 2.28. The minimum absolute atomic E-state index is 0.0687. The van der Waals surface area contributed by atoms with Gasteiger partial charge in [-0.15, -0.1) is 0 Å². The van der Waals surface area contributed by atoms with Gasteiger partial charge in [0.15, 0.2) is 19.5 Å². The number of carbonyl (C=O) groups is 1. The predicted octanol–water partition coefficient (Wildman–Crippen LogP) is 1.65. The largest absolute Gasteiger partial charge is 0.382 e. The molecule has 2 aromatic heterocycles. The highest BCUT2D eigenvalue weighted by Gasteiger charge is 2.20. The molecule has 5 rings (SSSR count). The Hall–Kier alpha value is -3.50. The van der Waals surface area contributed by atoms with Crippen LogP contribution in [-0.4, -0.2) is 66.5 Å². The fourth-order valence-corrected chi connectivity index (χ4v) is 4.19. The summed E-state index contributed by atoms with van der Waals surface area (Å²) in [4.78, 5) is 30.0. The number of morpholine rings is 1. The monoisotopic (exact) mass is 441 g/mol. The Morgan fingerprint density at radius 3 is 2.82 bits per heavy atom. The Bertz CT molecular complexity index is 1180. The Morgan fingerprint density at radius 2 is 1.97 bits per heavy atom. The number of aromatic nitrogens is 3. The van der Waals surface area contributed by atoms with E-state index in [0.717, 1.165) is 42.9 Å². The Morgan fingerprint density at radius 1 is 1.12 bits per heavy atom. The maximum absolute atomic E-state index is 13.1. The molecule has 166 valence electrons. The minimum atomic E-state index is -0.435. The van der Waals surface area contributed by atoms with E-state index in [1.54, 1.807) is 23.4 Å². The van der Waals surface area contributed by atoms with E-state index in [-0.39, 0.29) is 11.5 Å². The summed E-state index contributed by atoms with van der Waals surface area (Å²) in [5.41, 5.74) is 11.4. The first-order valence-corrected chi connectivity index (χ1v) is 10.9. The van der Waals surface area contributed by atoms with Gasteiger partial charge in [-0.25, -0.2) is 9.97 Å². The van der Waals surface area contributed by atoms with E-state index in [1.165, 1.54) is 5.56 Å². The number of nitrogens with one attached hydrogen (secondary N) is 1. The van der Waals surface area contributed by atoms with Gasteiger partial charge in [-0.05, 0) is 36.2 Å². The number of nitrogens with two attached hydrogens (primary N) is 1. The summed E-state index contributed by atoms with van der Waals surface area (Å²) in [6.07, 6.45) is 5.82. The molecule has 1 fully saturated rings. The van der Waals surface area contributed by atoms with Gasteiger partial charge in [0.05, 0.1) is 42.7 Å². The second-order valence-corrected chi connectivity index (χ2v) is 8.14. The molecule has 33 heavy (non-hydrogen) atoms. The summed E-state index contributed by atoms with van der Waals surface area (Å²) in [6, 6.07) is 8.00. The molecule has 2 aliphatic heterocycles. The quantitative estimate of drug-likeness (QED) is 0.589. The molecule has 0 unspecified atom stereocenters. The molecule has 9 nitrogen and oxygen atoms in total. The zero-order chi connectivity index (χ0) is 22.8. The number of nitrogen functional groups attached to an aromatic ring is 1. The second kappa shape index (κ2) is 9.17. The van der Waals surface area contributed by atoms with Gasteiger partial charge >= 0.3 is 0 Å². The zero-order valence-electron chi connectivity index (χ0n) is 18.2. The fourth-order valence-electron chi connectivity index (χ4n) is 4.19. The van der Waals surface area contributed by atoms with Crippen LogP contribution in [-0.2, 0) is 17.7 Å². The number of hydrogen-bond donors (Lipinski definition) is 2. The number of amides is 1. The van der Waals surface area contributed by atoms with Crippen molar-refractivity contribution in [3.63, 3.8) is 0 Å². The zero-order valence-corrected chi connectivity index (χ0v) is 18.2. The van der Waals surface area contributed by atoms with Crippen molar-refractivity contribution in [2.75, 3.05) is 48.8 Å². The molecule has 0 aliphatic carbocycles. The van der Waals surface area contributed by atoms with Crippen LogP contribution in [0.5, 0.6) is 0 Å². The van der Waals surface area contributed by atoms with E-state index in [2.05, 4.69) is 31.2 Å². The molecule has 0 saturated carbocycles. The Kier molecular flexibility index (Phi) is 5.93. The number of pyridine rings is 1. The molecule has 1 aromatic carbocycles.